The van der Waals surface area contributed by atoms with Gasteiger partial charge in [-0.2, -0.15) is 0 Å². The predicted molar refractivity (Wildman–Crippen MR) is 145 cm³/mol. The number of methoxy groups -OCH3 is 2. The summed E-state index contributed by atoms with van der Waals surface area (Å²) in [5.74, 6) is 1.92. The highest BCUT2D eigenvalue weighted by Crippen LogP contribution is 2.38. The minimum absolute atomic E-state index is 0.208. The van der Waals surface area contributed by atoms with Crippen molar-refractivity contribution < 1.29 is 19.4 Å². The Balaban J connectivity index is 2.00. The molecule has 0 aliphatic carbocycles. The van der Waals surface area contributed by atoms with E-state index in [0.717, 1.165) is 33.7 Å². The first-order chi connectivity index (χ1) is 17.1. The minimum Gasteiger partial charge on any atom is -0.508 e. The number of halogens is 2. The van der Waals surface area contributed by atoms with Crippen LogP contribution in [0.5, 0.6) is 17.2 Å². The number of aryl methyl sites for hydroxylation is 1. The Morgan fingerprint density at radius 3 is 2.56 bits per heavy atom. The number of rotatable bonds is 10. The Morgan fingerprint density at radius 2 is 1.92 bits per heavy atom. The van der Waals surface area contributed by atoms with Crippen molar-refractivity contribution in [2.24, 2.45) is 5.92 Å². The number of hydrogen-bond donors (Lipinski definition) is 1. The Morgan fingerprint density at radius 1 is 1.19 bits per heavy atom. The topological polar surface area (TPSA) is 76.8 Å². The average Bonchev–Trinajstić information content (AvgIpc) is 3.10. The molecule has 3 rings (SSSR count). The zero-order chi connectivity index (χ0) is 26.6. The molecule has 1 N–H and O–H groups in total. The number of ether oxygens (including phenoxy) is 2. The summed E-state index contributed by atoms with van der Waals surface area (Å²) in [4.78, 5) is 20.3. The SMILES string of the molecule is COc1ccc(C(=O)N(CCC(C)C)Cc2nc(C)c(C)n2Cc2cc(Br)ccc2O)c(Cl)c1OC. The fraction of sp³-hybridized carbons (Fsp3) is 0.407. The van der Waals surface area contributed by atoms with Gasteiger partial charge in [-0.15, -0.1) is 0 Å². The maximum absolute atomic E-state index is 13.8. The summed E-state index contributed by atoms with van der Waals surface area (Å²) in [5, 5.41) is 10.6. The fourth-order valence-electron chi connectivity index (χ4n) is 3.97. The molecule has 0 unspecified atom stereocenters. The van der Waals surface area contributed by atoms with Crippen molar-refractivity contribution in [1.29, 1.82) is 0 Å². The summed E-state index contributed by atoms with van der Waals surface area (Å²) in [7, 11) is 3.02. The highest BCUT2D eigenvalue weighted by Gasteiger charge is 2.25. The van der Waals surface area contributed by atoms with E-state index in [1.807, 2.05) is 24.5 Å². The van der Waals surface area contributed by atoms with E-state index in [9.17, 15) is 9.90 Å². The van der Waals surface area contributed by atoms with Gasteiger partial charge in [0.2, 0.25) is 0 Å². The van der Waals surface area contributed by atoms with Crippen LogP contribution in [-0.2, 0) is 13.1 Å². The van der Waals surface area contributed by atoms with Gasteiger partial charge in [-0.25, -0.2) is 4.98 Å². The molecule has 36 heavy (non-hydrogen) atoms. The van der Waals surface area contributed by atoms with Crippen molar-refractivity contribution in [3.05, 3.63) is 68.2 Å². The van der Waals surface area contributed by atoms with Gasteiger partial charge in [-0.05, 0) is 56.5 Å². The summed E-state index contributed by atoms with van der Waals surface area (Å²) >= 11 is 10.1. The molecule has 1 aromatic heterocycles. The smallest absolute Gasteiger partial charge is 0.255 e. The lowest BCUT2D eigenvalue weighted by molar-refractivity contribution is 0.0729. The van der Waals surface area contributed by atoms with E-state index < -0.39 is 0 Å². The van der Waals surface area contributed by atoms with Crippen molar-refractivity contribution >= 4 is 33.4 Å². The molecule has 194 valence electrons. The first-order valence-corrected chi connectivity index (χ1v) is 12.9. The summed E-state index contributed by atoms with van der Waals surface area (Å²) < 4.78 is 13.7. The van der Waals surface area contributed by atoms with Crippen LogP contribution in [0, 0.1) is 19.8 Å². The molecule has 2 aromatic carbocycles. The molecule has 9 heteroatoms. The molecule has 0 aliphatic heterocycles. The number of imidazole rings is 1. The molecule has 0 bridgehead atoms. The zero-order valence-corrected chi connectivity index (χ0v) is 23.9. The summed E-state index contributed by atoms with van der Waals surface area (Å²) in [6, 6.07) is 8.69. The molecule has 3 aromatic rings. The maximum atomic E-state index is 13.8. The van der Waals surface area contributed by atoms with Crippen LogP contribution in [0.1, 0.15) is 53.4 Å². The molecule has 7 nitrogen and oxygen atoms in total. The zero-order valence-electron chi connectivity index (χ0n) is 21.6. The summed E-state index contributed by atoms with van der Waals surface area (Å²) in [5.41, 5.74) is 2.95. The second-order valence-electron chi connectivity index (χ2n) is 9.13. The van der Waals surface area contributed by atoms with E-state index in [1.54, 1.807) is 29.2 Å². The molecular weight excluding hydrogens is 546 g/mol. The first-order valence-electron chi connectivity index (χ1n) is 11.8. The molecule has 0 aliphatic rings. The lowest BCUT2D eigenvalue weighted by atomic mass is 10.1. The Kier molecular flexibility index (Phi) is 9.30. The number of hydrogen-bond acceptors (Lipinski definition) is 5. The van der Waals surface area contributed by atoms with Crippen molar-refractivity contribution in [1.82, 2.24) is 14.5 Å². The quantitative estimate of drug-likeness (QED) is 0.302. The Bertz CT molecular complexity index is 1240. The van der Waals surface area contributed by atoms with E-state index in [-0.39, 0.29) is 16.7 Å². The molecule has 0 radical (unpaired) electrons. The van der Waals surface area contributed by atoms with Crippen LogP contribution >= 0.6 is 27.5 Å². The number of amides is 1. The summed E-state index contributed by atoms with van der Waals surface area (Å²) in [6.45, 7) is 9.44. The summed E-state index contributed by atoms with van der Waals surface area (Å²) in [6.07, 6.45) is 0.821. The van der Waals surface area contributed by atoms with Gasteiger partial charge in [-0.1, -0.05) is 41.4 Å². The van der Waals surface area contributed by atoms with E-state index in [2.05, 4.69) is 29.8 Å². The van der Waals surface area contributed by atoms with E-state index in [4.69, 9.17) is 26.1 Å². The molecule has 0 spiro atoms. The van der Waals surface area contributed by atoms with E-state index >= 15 is 0 Å². The second kappa shape index (κ2) is 12.0. The Hall–Kier alpha value is -2.71. The van der Waals surface area contributed by atoms with Gasteiger partial charge in [-0.3, -0.25) is 4.79 Å². The lowest BCUT2D eigenvalue weighted by Crippen LogP contribution is -2.33. The van der Waals surface area contributed by atoms with Gasteiger partial charge >= 0.3 is 0 Å². The number of phenolic OH excluding ortho intramolecular Hbond substituents is 1. The van der Waals surface area contributed by atoms with E-state index in [1.165, 1.54) is 14.2 Å². The largest absolute Gasteiger partial charge is 0.508 e. The molecule has 1 amide bonds. The van der Waals surface area contributed by atoms with Gasteiger partial charge in [0.25, 0.3) is 5.91 Å². The van der Waals surface area contributed by atoms with Crippen LogP contribution in [0.25, 0.3) is 0 Å². The Labute approximate surface area is 226 Å². The van der Waals surface area contributed by atoms with Crippen LogP contribution in [0.3, 0.4) is 0 Å². The number of nitrogens with zero attached hydrogens (tertiary/aromatic N) is 3. The number of aromatic hydroxyl groups is 1. The molecule has 0 fully saturated rings. The van der Waals surface area contributed by atoms with Crippen LogP contribution in [-0.4, -0.2) is 46.2 Å². The number of carbonyl (C=O) groups is 1. The van der Waals surface area contributed by atoms with Crippen LogP contribution in [0.2, 0.25) is 5.02 Å². The lowest BCUT2D eigenvalue weighted by Gasteiger charge is -2.25. The minimum atomic E-state index is -0.211. The monoisotopic (exact) mass is 577 g/mol. The van der Waals surface area contributed by atoms with Gasteiger partial charge in [0, 0.05) is 22.3 Å². The number of carbonyl (C=O) groups excluding carboxylic acids is 1. The van der Waals surface area contributed by atoms with Crippen molar-refractivity contribution in [3.63, 3.8) is 0 Å². The van der Waals surface area contributed by atoms with Crippen LogP contribution in [0.4, 0.5) is 0 Å². The van der Waals surface area contributed by atoms with Crippen LogP contribution in [0.15, 0.2) is 34.8 Å². The average molecular weight is 579 g/mol. The van der Waals surface area contributed by atoms with Gasteiger partial charge in [0.15, 0.2) is 11.5 Å². The molecule has 0 atom stereocenters. The third kappa shape index (κ3) is 6.16. The van der Waals surface area contributed by atoms with E-state index in [0.29, 0.717) is 42.6 Å². The normalized spacial score (nSPS) is 11.1. The van der Waals surface area contributed by atoms with Crippen molar-refractivity contribution in [2.45, 2.75) is 47.2 Å². The second-order valence-corrected chi connectivity index (χ2v) is 10.4. The fourth-order valence-corrected chi connectivity index (χ4v) is 4.69. The number of benzene rings is 2. The van der Waals surface area contributed by atoms with Gasteiger partial charge in [0.1, 0.15) is 11.6 Å². The van der Waals surface area contributed by atoms with Gasteiger partial charge in [0.05, 0.1) is 43.6 Å². The predicted octanol–water partition coefficient (Wildman–Crippen LogP) is 6.38. The first kappa shape index (κ1) is 27.9. The van der Waals surface area contributed by atoms with Gasteiger partial charge < -0.3 is 24.0 Å². The van der Waals surface area contributed by atoms with Crippen LogP contribution < -0.4 is 9.47 Å². The maximum Gasteiger partial charge on any atom is 0.255 e. The highest BCUT2D eigenvalue weighted by atomic mass is 79.9. The standard InChI is InChI=1S/C27H33BrClN3O4/c1-16(2)11-12-31(27(34)21-8-10-23(35-5)26(36-6)25(21)29)15-24-30-17(3)18(4)32(24)14-19-13-20(28)7-9-22(19)33/h7-10,13,16,33H,11-12,14-15H2,1-6H3. The molecular formula is C27H33BrClN3O4. The highest BCUT2D eigenvalue weighted by molar-refractivity contribution is 9.10. The molecule has 0 saturated carbocycles. The third-order valence-electron chi connectivity index (χ3n) is 6.22. The number of aromatic nitrogens is 2. The molecule has 1 heterocycles. The number of phenols is 1. The van der Waals surface area contributed by atoms with Crippen molar-refractivity contribution in [3.8, 4) is 17.2 Å². The molecule has 0 saturated heterocycles. The van der Waals surface area contributed by atoms with Crippen molar-refractivity contribution in [2.75, 3.05) is 20.8 Å². The third-order valence-corrected chi connectivity index (χ3v) is 7.09.